The minimum Gasteiger partial charge on any atom is -0.379 e. The molecule has 1 aromatic rings. The van der Waals surface area contributed by atoms with Gasteiger partial charge in [0, 0.05) is 38.0 Å². The van der Waals surface area contributed by atoms with Gasteiger partial charge in [0.05, 0.1) is 0 Å². The minimum absolute atomic E-state index is 0.0590. The summed E-state index contributed by atoms with van der Waals surface area (Å²) in [6.45, 7) is 5.48. The van der Waals surface area contributed by atoms with Crippen LogP contribution in [0.5, 0.6) is 0 Å². The van der Waals surface area contributed by atoms with E-state index in [-0.39, 0.29) is 5.91 Å². The van der Waals surface area contributed by atoms with Crippen LogP contribution in [0.15, 0.2) is 30.3 Å². The van der Waals surface area contributed by atoms with Gasteiger partial charge in [-0.15, -0.1) is 0 Å². The quantitative estimate of drug-likeness (QED) is 0.918. The molecule has 0 bridgehead atoms. The van der Waals surface area contributed by atoms with E-state index >= 15 is 0 Å². The molecule has 23 heavy (non-hydrogen) atoms. The first-order chi connectivity index (χ1) is 11.1. The van der Waals surface area contributed by atoms with Crippen LogP contribution in [0.3, 0.4) is 0 Å². The molecule has 0 aromatic heterocycles. The van der Waals surface area contributed by atoms with E-state index in [4.69, 9.17) is 0 Å². The third-order valence-corrected chi connectivity index (χ3v) is 6.19. The number of aliphatic hydroxyl groups is 1. The average molecular weight is 334 g/mol. The molecule has 0 aliphatic carbocycles. The molecule has 2 atom stereocenters. The van der Waals surface area contributed by atoms with Gasteiger partial charge in [-0.25, -0.2) is 0 Å². The van der Waals surface area contributed by atoms with E-state index in [1.165, 1.54) is 5.56 Å². The number of carbonyl (C=O) groups excluding carboxylic acids is 1. The Hall–Kier alpha value is -1.04. The van der Waals surface area contributed by atoms with Crippen LogP contribution in [0, 0.1) is 0 Å². The van der Waals surface area contributed by atoms with Gasteiger partial charge in [0.2, 0.25) is 0 Å². The highest BCUT2D eigenvalue weighted by Crippen LogP contribution is 2.30. The lowest BCUT2D eigenvalue weighted by Gasteiger charge is -2.29. The number of amides is 1. The molecular weight excluding hydrogens is 308 g/mol. The SMILES string of the molecule is CC1CCN(C(=O)C2(O)CCSC2)CCN1Cc1ccccc1. The monoisotopic (exact) mass is 334 g/mol. The summed E-state index contributed by atoms with van der Waals surface area (Å²) < 4.78 is 0. The van der Waals surface area contributed by atoms with Crippen molar-refractivity contribution in [1.29, 1.82) is 0 Å². The van der Waals surface area contributed by atoms with Crippen molar-refractivity contribution in [3.63, 3.8) is 0 Å². The Morgan fingerprint density at radius 3 is 2.78 bits per heavy atom. The first-order valence-corrected chi connectivity index (χ1v) is 9.61. The van der Waals surface area contributed by atoms with Crippen molar-refractivity contribution in [2.45, 2.75) is 38.0 Å². The normalized spacial score (nSPS) is 29.5. The molecule has 1 aromatic carbocycles. The fraction of sp³-hybridized carbons (Fsp3) is 0.611. The van der Waals surface area contributed by atoms with Crippen molar-refractivity contribution in [1.82, 2.24) is 9.80 Å². The van der Waals surface area contributed by atoms with Gasteiger partial charge in [-0.3, -0.25) is 9.69 Å². The Balaban J connectivity index is 1.62. The van der Waals surface area contributed by atoms with Gasteiger partial charge in [-0.05, 0) is 31.1 Å². The third-order valence-electron chi connectivity index (χ3n) is 5.01. The summed E-state index contributed by atoms with van der Waals surface area (Å²) in [7, 11) is 0. The standard InChI is InChI=1S/C18H26N2O2S/c1-15-7-9-19(17(21)18(22)8-12-23-14-18)10-11-20(15)13-16-5-3-2-4-6-16/h2-6,15,22H,7-14H2,1H3. The minimum atomic E-state index is -1.12. The van der Waals surface area contributed by atoms with Gasteiger partial charge >= 0.3 is 0 Å². The Kier molecular flexibility index (Phi) is 5.29. The Bertz CT molecular complexity index is 531. The van der Waals surface area contributed by atoms with E-state index in [9.17, 15) is 9.90 Å². The molecule has 5 heteroatoms. The topological polar surface area (TPSA) is 43.8 Å². The summed E-state index contributed by atoms with van der Waals surface area (Å²) in [5.74, 6) is 1.37. The zero-order valence-electron chi connectivity index (χ0n) is 13.8. The molecule has 3 rings (SSSR count). The highest BCUT2D eigenvalue weighted by molar-refractivity contribution is 7.99. The molecule has 0 spiro atoms. The number of hydrogen-bond donors (Lipinski definition) is 1. The van der Waals surface area contributed by atoms with Gasteiger partial charge in [0.1, 0.15) is 0 Å². The van der Waals surface area contributed by atoms with Crippen molar-refractivity contribution < 1.29 is 9.90 Å². The second-order valence-electron chi connectivity index (χ2n) is 6.72. The van der Waals surface area contributed by atoms with E-state index in [1.807, 2.05) is 11.0 Å². The van der Waals surface area contributed by atoms with Crippen LogP contribution >= 0.6 is 11.8 Å². The van der Waals surface area contributed by atoms with Crippen LogP contribution in [0.25, 0.3) is 0 Å². The van der Waals surface area contributed by atoms with Crippen LogP contribution in [-0.4, -0.2) is 63.6 Å². The second-order valence-corrected chi connectivity index (χ2v) is 7.83. The zero-order chi connectivity index (χ0) is 16.3. The van der Waals surface area contributed by atoms with E-state index < -0.39 is 5.60 Å². The second kappa shape index (κ2) is 7.24. The maximum Gasteiger partial charge on any atom is 0.255 e. The fourth-order valence-electron chi connectivity index (χ4n) is 3.38. The van der Waals surface area contributed by atoms with Crippen molar-refractivity contribution in [3.05, 3.63) is 35.9 Å². The molecule has 1 amide bonds. The van der Waals surface area contributed by atoms with Gasteiger partial charge in [-0.1, -0.05) is 30.3 Å². The molecule has 2 unspecified atom stereocenters. The summed E-state index contributed by atoms with van der Waals surface area (Å²) in [6, 6.07) is 10.9. The lowest BCUT2D eigenvalue weighted by atomic mass is 10.0. The third kappa shape index (κ3) is 3.90. The number of nitrogens with zero attached hydrogens (tertiary/aromatic N) is 2. The van der Waals surface area contributed by atoms with Crippen molar-refractivity contribution >= 4 is 17.7 Å². The maximum atomic E-state index is 12.7. The number of thioether (sulfide) groups is 1. The smallest absolute Gasteiger partial charge is 0.255 e. The number of benzene rings is 1. The van der Waals surface area contributed by atoms with Crippen molar-refractivity contribution in [2.24, 2.45) is 0 Å². The van der Waals surface area contributed by atoms with Gasteiger partial charge in [-0.2, -0.15) is 11.8 Å². The Labute approximate surface area is 142 Å². The molecule has 2 heterocycles. The van der Waals surface area contributed by atoms with Crippen molar-refractivity contribution in [3.8, 4) is 0 Å². The fourth-order valence-corrected chi connectivity index (χ4v) is 4.61. The van der Waals surface area contributed by atoms with Crippen molar-refractivity contribution in [2.75, 3.05) is 31.1 Å². The molecule has 1 N–H and O–H groups in total. The molecular formula is C18H26N2O2S. The number of hydrogen-bond acceptors (Lipinski definition) is 4. The van der Waals surface area contributed by atoms with E-state index in [2.05, 4.69) is 36.1 Å². The van der Waals surface area contributed by atoms with Gasteiger partial charge < -0.3 is 10.0 Å². The predicted octanol–water partition coefficient (Wildman–Crippen LogP) is 1.98. The molecule has 4 nitrogen and oxygen atoms in total. The van der Waals surface area contributed by atoms with Crippen LogP contribution in [0.4, 0.5) is 0 Å². The largest absolute Gasteiger partial charge is 0.379 e. The van der Waals surface area contributed by atoms with E-state index in [0.717, 1.165) is 31.8 Å². The van der Waals surface area contributed by atoms with Crippen LogP contribution in [0.1, 0.15) is 25.3 Å². The molecule has 2 fully saturated rings. The first-order valence-electron chi connectivity index (χ1n) is 8.46. The first kappa shape index (κ1) is 16.8. The molecule has 2 aliphatic rings. The highest BCUT2D eigenvalue weighted by Gasteiger charge is 2.42. The zero-order valence-corrected chi connectivity index (χ0v) is 14.6. The van der Waals surface area contributed by atoms with E-state index in [0.29, 0.717) is 24.8 Å². The predicted molar refractivity (Wildman–Crippen MR) is 94.4 cm³/mol. The molecule has 0 saturated carbocycles. The molecule has 126 valence electrons. The summed E-state index contributed by atoms with van der Waals surface area (Å²) in [5.41, 5.74) is 0.188. The lowest BCUT2D eigenvalue weighted by molar-refractivity contribution is -0.148. The number of rotatable bonds is 3. The molecule has 0 radical (unpaired) electrons. The molecule has 2 aliphatic heterocycles. The Morgan fingerprint density at radius 1 is 1.30 bits per heavy atom. The van der Waals surface area contributed by atoms with Gasteiger partial charge in [0.25, 0.3) is 5.91 Å². The maximum absolute atomic E-state index is 12.7. The summed E-state index contributed by atoms with van der Waals surface area (Å²) in [4.78, 5) is 17.0. The molecule has 2 saturated heterocycles. The van der Waals surface area contributed by atoms with Crippen LogP contribution < -0.4 is 0 Å². The summed E-state index contributed by atoms with van der Waals surface area (Å²) >= 11 is 1.67. The Morgan fingerprint density at radius 2 is 2.09 bits per heavy atom. The average Bonchev–Trinajstić information content (AvgIpc) is 2.93. The lowest BCUT2D eigenvalue weighted by Crippen LogP contribution is -2.50. The van der Waals surface area contributed by atoms with Gasteiger partial charge in [0.15, 0.2) is 5.60 Å². The van der Waals surface area contributed by atoms with Crippen LogP contribution in [-0.2, 0) is 11.3 Å². The van der Waals surface area contributed by atoms with Crippen LogP contribution in [0.2, 0.25) is 0 Å². The number of carbonyl (C=O) groups is 1. The summed E-state index contributed by atoms with van der Waals surface area (Å²) in [6.07, 6.45) is 1.55. The summed E-state index contributed by atoms with van der Waals surface area (Å²) in [5, 5.41) is 10.5. The highest BCUT2D eigenvalue weighted by atomic mass is 32.2. The van der Waals surface area contributed by atoms with E-state index in [1.54, 1.807) is 11.8 Å².